The summed E-state index contributed by atoms with van der Waals surface area (Å²) in [6, 6.07) is 11.0. The molecule has 1 aromatic carbocycles. The van der Waals surface area contributed by atoms with Gasteiger partial charge in [-0.3, -0.25) is 9.59 Å². The molecule has 112 valence electrons. The number of carbonyl (C=O) groups excluding carboxylic acids is 1. The molecule has 2 heterocycles. The highest BCUT2D eigenvalue weighted by Crippen LogP contribution is 2.14. The predicted octanol–water partition coefficient (Wildman–Crippen LogP) is 1.48. The first-order valence-electron chi connectivity index (χ1n) is 6.65. The van der Waals surface area contributed by atoms with Crippen molar-refractivity contribution in [2.45, 2.75) is 6.92 Å². The van der Waals surface area contributed by atoms with Crippen LogP contribution in [-0.4, -0.2) is 15.5 Å². The van der Waals surface area contributed by atoms with E-state index in [1.165, 1.54) is 17.4 Å². The molecule has 0 saturated carbocycles. The van der Waals surface area contributed by atoms with E-state index in [0.29, 0.717) is 10.5 Å². The third-order valence-corrected chi connectivity index (χ3v) is 4.38. The molecule has 0 atom stereocenters. The smallest absolute Gasteiger partial charge is 0.277 e. The number of aromatic amines is 1. The maximum atomic E-state index is 12.0. The summed E-state index contributed by atoms with van der Waals surface area (Å²) in [6.45, 7) is 1.75. The number of nitrogens with one attached hydrogen (secondary N) is 2. The fourth-order valence-corrected chi connectivity index (χ4v) is 3.08. The van der Waals surface area contributed by atoms with Crippen molar-refractivity contribution in [3.63, 3.8) is 0 Å². The predicted molar refractivity (Wildman–Crippen MR) is 85.6 cm³/mol. The summed E-state index contributed by atoms with van der Waals surface area (Å²) in [4.78, 5) is 27.0. The minimum atomic E-state index is -0.529. The number of thiazole rings is 1. The maximum absolute atomic E-state index is 12.0. The minimum absolute atomic E-state index is 0.0399. The van der Waals surface area contributed by atoms with E-state index in [0.717, 1.165) is 10.2 Å². The first-order chi connectivity index (χ1) is 10.6. The molecule has 3 aromatic rings. The molecule has 1 amide bonds. The highest BCUT2D eigenvalue weighted by molar-refractivity contribution is 7.16. The summed E-state index contributed by atoms with van der Waals surface area (Å²) in [6.07, 6.45) is 0. The van der Waals surface area contributed by atoms with Crippen molar-refractivity contribution in [1.82, 2.24) is 15.0 Å². The topological polar surface area (TPSA) is 79.2 Å². The number of hydrogen-bond acceptors (Lipinski definition) is 4. The van der Waals surface area contributed by atoms with Crippen LogP contribution in [0, 0.1) is 6.92 Å². The lowest BCUT2D eigenvalue weighted by Crippen LogP contribution is -2.28. The second kappa shape index (κ2) is 5.61. The van der Waals surface area contributed by atoms with Gasteiger partial charge in [-0.05, 0) is 31.2 Å². The van der Waals surface area contributed by atoms with Crippen LogP contribution in [0.1, 0.15) is 16.1 Å². The van der Waals surface area contributed by atoms with Gasteiger partial charge in [0.05, 0.1) is 10.2 Å². The van der Waals surface area contributed by atoms with Gasteiger partial charge in [-0.1, -0.05) is 23.5 Å². The molecule has 3 rings (SSSR count). The first-order valence-corrected chi connectivity index (χ1v) is 7.46. The second-order valence-electron chi connectivity index (χ2n) is 4.85. The van der Waals surface area contributed by atoms with Gasteiger partial charge in [0.25, 0.3) is 11.5 Å². The average molecular weight is 314 g/mol. The van der Waals surface area contributed by atoms with Gasteiger partial charge in [0.15, 0.2) is 0 Å². The Bertz CT molecular complexity index is 981. The third kappa shape index (κ3) is 2.58. The number of fused-ring (bicyclic) bond motifs is 1. The number of benzene rings is 1. The van der Waals surface area contributed by atoms with Crippen molar-refractivity contribution in [2.24, 2.45) is 12.1 Å². The van der Waals surface area contributed by atoms with E-state index >= 15 is 0 Å². The fraction of sp³-hybridized carbons (Fsp3) is 0.133. The van der Waals surface area contributed by atoms with Crippen molar-refractivity contribution in [2.75, 3.05) is 0 Å². The first kappa shape index (κ1) is 14.3. The summed E-state index contributed by atoms with van der Waals surface area (Å²) in [5.41, 5.74) is 3.79. The van der Waals surface area contributed by atoms with Crippen LogP contribution in [0.15, 0.2) is 46.3 Å². The van der Waals surface area contributed by atoms with Gasteiger partial charge < -0.3 is 9.55 Å². The van der Waals surface area contributed by atoms with E-state index in [1.54, 1.807) is 13.0 Å². The van der Waals surface area contributed by atoms with Gasteiger partial charge in [-0.2, -0.15) is 0 Å². The lowest BCUT2D eigenvalue weighted by Gasteiger charge is -1.99. The summed E-state index contributed by atoms with van der Waals surface area (Å²) >= 11 is 1.46. The van der Waals surface area contributed by atoms with Crippen molar-refractivity contribution < 1.29 is 4.79 Å². The van der Waals surface area contributed by atoms with E-state index in [4.69, 9.17) is 0 Å². The molecular weight excluding hydrogens is 300 g/mol. The number of para-hydroxylation sites is 1. The van der Waals surface area contributed by atoms with Crippen LogP contribution >= 0.6 is 11.3 Å². The number of rotatable bonds is 2. The molecule has 0 unspecified atom stereocenters. The number of pyridine rings is 1. The molecule has 0 saturated heterocycles. The summed E-state index contributed by atoms with van der Waals surface area (Å²) in [5.74, 6) is -0.529. The van der Waals surface area contributed by atoms with E-state index in [9.17, 15) is 9.59 Å². The summed E-state index contributed by atoms with van der Waals surface area (Å²) in [7, 11) is 1.88. The molecule has 0 spiro atoms. The molecule has 22 heavy (non-hydrogen) atoms. The van der Waals surface area contributed by atoms with Crippen LogP contribution in [0.2, 0.25) is 0 Å². The van der Waals surface area contributed by atoms with Crippen LogP contribution < -0.4 is 15.8 Å². The van der Waals surface area contributed by atoms with Crippen molar-refractivity contribution >= 4 is 27.5 Å². The quantitative estimate of drug-likeness (QED) is 0.703. The molecule has 0 fully saturated rings. The van der Waals surface area contributed by atoms with Crippen LogP contribution in [0.3, 0.4) is 0 Å². The van der Waals surface area contributed by atoms with Gasteiger partial charge in [-0.15, -0.1) is 5.10 Å². The molecule has 0 aliphatic carbocycles. The summed E-state index contributed by atoms with van der Waals surface area (Å²) < 4.78 is 2.96. The van der Waals surface area contributed by atoms with Gasteiger partial charge >= 0.3 is 0 Å². The normalized spacial score (nSPS) is 11.8. The van der Waals surface area contributed by atoms with E-state index in [-0.39, 0.29) is 5.56 Å². The molecule has 7 heteroatoms. The van der Waals surface area contributed by atoms with E-state index < -0.39 is 11.5 Å². The number of H-pyrrole nitrogens is 1. The van der Waals surface area contributed by atoms with Gasteiger partial charge in [-0.25, -0.2) is 5.43 Å². The Morgan fingerprint density at radius 1 is 1.27 bits per heavy atom. The maximum Gasteiger partial charge on any atom is 0.277 e. The Balaban J connectivity index is 1.94. The van der Waals surface area contributed by atoms with Crippen LogP contribution in [0.4, 0.5) is 0 Å². The molecule has 0 bridgehead atoms. The largest absolute Gasteiger partial charge is 0.326 e. The average Bonchev–Trinajstić information content (AvgIpc) is 2.82. The number of hydrogen-bond donors (Lipinski definition) is 2. The SMILES string of the molecule is Cc1ccc(C(=O)NN=c2sc3ccccc3n2C)c(=O)[nH]1. The fourth-order valence-electron chi connectivity index (χ4n) is 2.10. The zero-order valence-corrected chi connectivity index (χ0v) is 12.9. The standard InChI is InChI=1S/C15H14N4O2S/c1-9-7-8-10(13(20)16-9)14(21)17-18-15-19(2)11-5-3-4-6-12(11)22-15/h3-8H,1-2H3,(H,16,20)(H,17,21). The molecule has 0 aliphatic rings. The number of aromatic nitrogens is 2. The van der Waals surface area contributed by atoms with Gasteiger partial charge in [0, 0.05) is 12.7 Å². The van der Waals surface area contributed by atoms with Crippen molar-refractivity contribution in [3.8, 4) is 0 Å². The minimum Gasteiger partial charge on any atom is -0.326 e. The zero-order chi connectivity index (χ0) is 15.7. The Kier molecular flexibility index (Phi) is 3.64. The Hall–Kier alpha value is -2.67. The zero-order valence-electron chi connectivity index (χ0n) is 12.1. The Labute approximate surface area is 129 Å². The lowest BCUT2D eigenvalue weighted by atomic mass is 10.2. The van der Waals surface area contributed by atoms with Gasteiger partial charge in [0.1, 0.15) is 5.56 Å². The monoisotopic (exact) mass is 314 g/mol. The van der Waals surface area contributed by atoms with Crippen LogP contribution in [-0.2, 0) is 7.05 Å². The van der Waals surface area contributed by atoms with E-state index in [2.05, 4.69) is 15.5 Å². The highest BCUT2D eigenvalue weighted by Gasteiger charge is 2.09. The second-order valence-corrected chi connectivity index (χ2v) is 5.86. The Morgan fingerprint density at radius 2 is 2.05 bits per heavy atom. The summed E-state index contributed by atoms with van der Waals surface area (Å²) in [5, 5.41) is 4.11. The molecular formula is C15H14N4O2S. The number of aryl methyl sites for hydroxylation is 2. The molecule has 2 N–H and O–H groups in total. The lowest BCUT2D eigenvalue weighted by molar-refractivity contribution is 0.0951. The van der Waals surface area contributed by atoms with Crippen molar-refractivity contribution in [3.05, 3.63) is 62.8 Å². The molecule has 6 nitrogen and oxygen atoms in total. The Morgan fingerprint density at radius 3 is 2.77 bits per heavy atom. The number of amides is 1. The van der Waals surface area contributed by atoms with Crippen molar-refractivity contribution in [1.29, 1.82) is 0 Å². The molecule has 0 radical (unpaired) electrons. The number of nitrogens with zero attached hydrogens (tertiary/aromatic N) is 2. The number of carbonyl (C=O) groups is 1. The third-order valence-electron chi connectivity index (χ3n) is 3.27. The molecule has 0 aliphatic heterocycles. The highest BCUT2D eigenvalue weighted by atomic mass is 32.1. The van der Waals surface area contributed by atoms with E-state index in [1.807, 2.05) is 35.9 Å². The molecule has 2 aromatic heterocycles. The van der Waals surface area contributed by atoms with Crippen LogP contribution in [0.25, 0.3) is 10.2 Å². The van der Waals surface area contributed by atoms with Gasteiger partial charge in [0.2, 0.25) is 4.80 Å². The van der Waals surface area contributed by atoms with Crippen LogP contribution in [0.5, 0.6) is 0 Å².